The minimum atomic E-state index is 0.554. The quantitative estimate of drug-likeness (QED) is 0.867. The van der Waals surface area contributed by atoms with Crippen molar-refractivity contribution in [2.75, 3.05) is 18.9 Å². The largest absolute Gasteiger partial charge is 0.438 e. The van der Waals surface area contributed by atoms with Gasteiger partial charge in [-0.05, 0) is 36.3 Å². The lowest BCUT2D eigenvalue weighted by atomic mass is 10.0. The molecule has 1 aliphatic heterocycles. The molecule has 1 aromatic carbocycles. The molecule has 5 nitrogen and oxygen atoms in total. The Kier molecular flexibility index (Phi) is 3.60. The van der Waals surface area contributed by atoms with E-state index in [4.69, 9.17) is 15.2 Å². The van der Waals surface area contributed by atoms with Crippen LogP contribution in [0.5, 0.6) is 11.6 Å². The average molecular weight is 269 g/mol. The maximum atomic E-state index is 5.83. The van der Waals surface area contributed by atoms with E-state index in [9.17, 15) is 0 Å². The Balaban J connectivity index is 1.89. The van der Waals surface area contributed by atoms with Crippen LogP contribution in [0.4, 0.5) is 5.69 Å². The number of benzene rings is 1. The monoisotopic (exact) mass is 269 g/mol. The summed E-state index contributed by atoms with van der Waals surface area (Å²) in [7, 11) is 0. The highest BCUT2D eigenvalue weighted by Gasteiger charge is 2.13. The van der Waals surface area contributed by atoms with Crippen LogP contribution in [0.3, 0.4) is 0 Å². The normalized spacial score (nSPS) is 14.7. The van der Waals surface area contributed by atoms with E-state index < -0.39 is 0 Å². The minimum Gasteiger partial charge on any atom is -0.438 e. The van der Waals surface area contributed by atoms with Crippen LogP contribution < -0.4 is 10.5 Å². The third kappa shape index (κ3) is 2.78. The molecule has 0 unspecified atom stereocenters. The SMILES string of the molecule is Nc1ccc(Oc2ncncc2C2=CCOCC2)cc1. The van der Waals surface area contributed by atoms with Gasteiger partial charge in [-0.3, -0.25) is 0 Å². The predicted octanol–water partition coefficient (Wildman–Crippen LogP) is 2.65. The first kappa shape index (κ1) is 12.6. The summed E-state index contributed by atoms with van der Waals surface area (Å²) in [6.45, 7) is 1.33. The van der Waals surface area contributed by atoms with Crippen molar-refractivity contribution in [1.82, 2.24) is 9.97 Å². The Morgan fingerprint density at radius 2 is 2.05 bits per heavy atom. The number of anilines is 1. The molecule has 102 valence electrons. The van der Waals surface area contributed by atoms with Crippen LogP contribution >= 0.6 is 0 Å². The number of hydrogen-bond acceptors (Lipinski definition) is 5. The standard InChI is InChI=1S/C15H15N3O2/c16-12-1-3-13(4-2-12)20-15-14(9-17-10-18-15)11-5-7-19-8-6-11/h1-5,9-10H,6-8,16H2. The molecule has 0 atom stereocenters. The fourth-order valence-corrected chi connectivity index (χ4v) is 2.04. The van der Waals surface area contributed by atoms with Gasteiger partial charge in [-0.1, -0.05) is 6.08 Å². The zero-order chi connectivity index (χ0) is 13.8. The van der Waals surface area contributed by atoms with Gasteiger partial charge in [0.1, 0.15) is 12.1 Å². The van der Waals surface area contributed by atoms with Gasteiger partial charge in [0.2, 0.25) is 5.88 Å². The lowest BCUT2D eigenvalue weighted by Crippen LogP contribution is -2.05. The lowest BCUT2D eigenvalue weighted by Gasteiger charge is -2.15. The second-order valence-electron chi connectivity index (χ2n) is 4.47. The molecule has 2 aromatic rings. The topological polar surface area (TPSA) is 70.3 Å². The Labute approximate surface area is 117 Å². The minimum absolute atomic E-state index is 0.554. The zero-order valence-electron chi connectivity index (χ0n) is 11.0. The molecular formula is C15H15N3O2. The van der Waals surface area contributed by atoms with Gasteiger partial charge in [0, 0.05) is 11.9 Å². The molecule has 3 rings (SSSR count). The summed E-state index contributed by atoms with van der Waals surface area (Å²) in [4.78, 5) is 8.31. The van der Waals surface area contributed by atoms with Crippen molar-refractivity contribution in [2.45, 2.75) is 6.42 Å². The van der Waals surface area contributed by atoms with Crippen molar-refractivity contribution < 1.29 is 9.47 Å². The number of ether oxygens (including phenoxy) is 2. The Bertz CT molecular complexity index is 623. The number of nitrogens with zero attached hydrogens (tertiary/aromatic N) is 2. The van der Waals surface area contributed by atoms with E-state index in [1.54, 1.807) is 18.3 Å². The molecule has 2 N–H and O–H groups in total. The molecule has 20 heavy (non-hydrogen) atoms. The second-order valence-corrected chi connectivity index (χ2v) is 4.47. The smallest absolute Gasteiger partial charge is 0.229 e. The van der Waals surface area contributed by atoms with Crippen molar-refractivity contribution >= 4 is 11.3 Å². The fourth-order valence-electron chi connectivity index (χ4n) is 2.04. The molecule has 0 fully saturated rings. The van der Waals surface area contributed by atoms with Crippen LogP contribution in [0.1, 0.15) is 12.0 Å². The van der Waals surface area contributed by atoms with E-state index in [0.717, 1.165) is 17.6 Å². The summed E-state index contributed by atoms with van der Waals surface area (Å²) in [5, 5.41) is 0. The highest BCUT2D eigenvalue weighted by molar-refractivity contribution is 5.69. The van der Waals surface area contributed by atoms with E-state index in [-0.39, 0.29) is 0 Å². The van der Waals surface area contributed by atoms with Crippen LogP contribution in [-0.4, -0.2) is 23.2 Å². The number of hydrogen-bond donors (Lipinski definition) is 1. The molecular weight excluding hydrogens is 254 g/mol. The first-order valence-electron chi connectivity index (χ1n) is 6.43. The molecule has 0 spiro atoms. The van der Waals surface area contributed by atoms with E-state index in [0.29, 0.717) is 30.5 Å². The van der Waals surface area contributed by atoms with E-state index in [1.165, 1.54) is 6.33 Å². The van der Waals surface area contributed by atoms with Crippen LogP contribution in [0.25, 0.3) is 5.57 Å². The molecule has 1 aromatic heterocycles. The maximum absolute atomic E-state index is 5.83. The van der Waals surface area contributed by atoms with Gasteiger partial charge < -0.3 is 15.2 Å². The van der Waals surface area contributed by atoms with Crippen molar-refractivity contribution in [3.63, 3.8) is 0 Å². The van der Waals surface area contributed by atoms with Gasteiger partial charge in [-0.2, -0.15) is 0 Å². The van der Waals surface area contributed by atoms with Gasteiger partial charge in [-0.15, -0.1) is 0 Å². The number of nitrogens with two attached hydrogens (primary N) is 1. The van der Waals surface area contributed by atoms with Crippen molar-refractivity contribution in [3.05, 3.63) is 48.4 Å². The highest BCUT2D eigenvalue weighted by atomic mass is 16.5. The van der Waals surface area contributed by atoms with Crippen LogP contribution in [-0.2, 0) is 4.74 Å². The Morgan fingerprint density at radius 1 is 1.20 bits per heavy atom. The van der Waals surface area contributed by atoms with E-state index in [2.05, 4.69) is 9.97 Å². The molecule has 2 heterocycles. The number of aromatic nitrogens is 2. The van der Waals surface area contributed by atoms with Crippen LogP contribution in [0.2, 0.25) is 0 Å². The zero-order valence-corrected chi connectivity index (χ0v) is 11.0. The summed E-state index contributed by atoms with van der Waals surface area (Å²) >= 11 is 0. The predicted molar refractivity (Wildman–Crippen MR) is 76.4 cm³/mol. The van der Waals surface area contributed by atoms with Crippen molar-refractivity contribution in [1.29, 1.82) is 0 Å². The second kappa shape index (κ2) is 5.71. The Morgan fingerprint density at radius 3 is 2.80 bits per heavy atom. The van der Waals surface area contributed by atoms with Crippen molar-refractivity contribution in [2.24, 2.45) is 0 Å². The third-order valence-corrected chi connectivity index (χ3v) is 3.08. The van der Waals surface area contributed by atoms with Crippen molar-refractivity contribution in [3.8, 4) is 11.6 Å². The molecule has 1 aliphatic rings. The summed E-state index contributed by atoms with van der Waals surface area (Å²) < 4.78 is 11.2. The summed E-state index contributed by atoms with van der Waals surface area (Å²) in [6.07, 6.45) is 6.14. The molecule has 0 saturated heterocycles. The number of rotatable bonds is 3. The van der Waals surface area contributed by atoms with E-state index in [1.807, 2.05) is 18.2 Å². The summed E-state index contributed by atoms with van der Waals surface area (Å²) in [5.74, 6) is 1.25. The first-order valence-corrected chi connectivity index (χ1v) is 6.43. The summed E-state index contributed by atoms with van der Waals surface area (Å²) in [5.41, 5.74) is 8.43. The molecule has 0 radical (unpaired) electrons. The van der Waals surface area contributed by atoms with Crippen LogP contribution in [0, 0.1) is 0 Å². The van der Waals surface area contributed by atoms with Crippen LogP contribution in [0.15, 0.2) is 42.9 Å². The first-order chi connectivity index (χ1) is 9.83. The summed E-state index contributed by atoms with van der Waals surface area (Å²) in [6, 6.07) is 7.23. The Hall–Kier alpha value is -2.40. The molecule has 0 amide bonds. The van der Waals surface area contributed by atoms with Gasteiger partial charge in [-0.25, -0.2) is 9.97 Å². The highest BCUT2D eigenvalue weighted by Crippen LogP contribution is 2.30. The number of nitrogen functional groups attached to an aromatic ring is 1. The third-order valence-electron chi connectivity index (χ3n) is 3.08. The fraction of sp³-hybridized carbons (Fsp3) is 0.200. The molecule has 0 bridgehead atoms. The molecule has 5 heteroatoms. The van der Waals surface area contributed by atoms with Gasteiger partial charge >= 0.3 is 0 Å². The van der Waals surface area contributed by atoms with E-state index >= 15 is 0 Å². The van der Waals surface area contributed by atoms with Gasteiger partial charge in [0.25, 0.3) is 0 Å². The maximum Gasteiger partial charge on any atom is 0.229 e. The molecule has 0 aliphatic carbocycles. The average Bonchev–Trinajstić information content (AvgIpc) is 2.51. The lowest BCUT2D eigenvalue weighted by molar-refractivity contribution is 0.161. The van der Waals surface area contributed by atoms with Gasteiger partial charge in [0.05, 0.1) is 18.8 Å². The van der Waals surface area contributed by atoms with Gasteiger partial charge in [0.15, 0.2) is 0 Å². The molecule has 0 saturated carbocycles.